The van der Waals surface area contributed by atoms with Gasteiger partial charge in [-0.15, -0.1) is 0 Å². The minimum absolute atomic E-state index is 0.163. The molecule has 0 aliphatic carbocycles. The Bertz CT molecular complexity index is 845. The van der Waals surface area contributed by atoms with Crippen LogP contribution in [0.4, 0.5) is 0 Å². The number of thioether (sulfide) groups is 2. The summed E-state index contributed by atoms with van der Waals surface area (Å²) in [5.74, 6) is 4.31. The Morgan fingerprint density at radius 3 is 1.78 bits per heavy atom. The summed E-state index contributed by atoms with van der Waals surface area (Å²) in [5, 5.41) is 4.37. The van der Waals surface area contributed by atoms with Gasteiger partial charge in [0.2, 0.25) is 0 Å². The molecule has 0 saturated carbocycles. The zero-order valence-electron chi connectivity index (χ0n) is 16.1. The molecule has 0 N–H and O–H groups in total. The van der Waals surface area contributed by atoms with Gasteiger partial charge in [0, 0.05) is 24.6 Å². The molecule has 0 fully saturated rings. The molecule has 0 spiro atoms. The fourth-order valence-electron chi connectivity index (χ4n) is 3.36. The summed E-state index contributed by atoms with van der Waals surface area (Å²) >= 11 is 3.79. The van der Waals surface area contributed by atoms with Gasteiger partial charge >= 0.3 is 0 Å². The first-order valence-corrected chi connectivity index (χ1v) is 11.9. The number of hydrogen-bond acceptors (Lipinski definition) is 3. The molecule has 0 atom stereocenters. The van der Waals surface area contributed by atoms with Crippen molar-refractivity contribution in [1.82, 2.24) is 4.90 Å². The van der Waals surface area contributed by atoms with Crippen molar-refractivity contribution in [1.29, 1.82) is 0 Å². The molecule has 1 amide bonds. The van der Waals surface area contributed by atoms with Crippen molar-refractivity contribution < 1.29 is 4.79 Å². The number of nitrogens with zero attached hydrogens (tertiary/aromatic N) is 1. The van der Waals surface area contributed by atoms with Crippen molar-refractivity contribution in [3.05, 3.63) is 60.2 Å². The predicted octanol–water partition coefficient (Wildman–Crippen LogP) is 5.94. The van der Waals surface area contributed by atoms with E-state index in [-0.39, 0.29) is 5.91 Å². The van der Waals surface area contributed by atoms with E-state index in [2.05, 4.69) is 49.1 Å². The molecule has 0 aliphatic rings. The van der Waals surface area contributed by atoms with Crippen LogP contribution in [0.15, 0.2) is 54.6 Å². The second-order valence-corrected chi connectivity index (χ2v) is 9.17. The van der Waals surface area contributed by atoms with Crippen LogP contribution in [-0.2, 0) is 0 Å². The molecule has 0 heterocycles. The Morgan fingerprint density at radius 1 is 0.815 bits per heavy atom. The maximum atomic E-state index is 13.7. The molecule has 3 aromatic carbocycles. The summed E-state index contributed by atoms with van der Waals surface area (Å²) in [5.41, 5.74) is 0.853. The van der Waals surface area contributed by atoms with Gasteiger partial charge in [-0.2, -0.15) is 23.5 Å². The third-order valence-electron chi connectivity index (χ3n) is 4.69. The van der Waals surface area contributed by atoms with Crippen LogP contribution in [0, 0.1) is 0 Å². The summed E-state index contributed by atoms with van der Waals surface area (Å²) in [4.78, 5) is 15.7. The second kappa shape index (κ2) is 10.0. The molecule has 0 aliphatic heterocycles. The van der Waals surface area contributed by atoms with E-state index in [1.165, 1.54) is 0 Å². The molecule has 0 radical (unpaired) electrons. The lowest BCUT2D eigenvalue weighted by molar-refractivity contribution is 0.0780. The molecule has 0 bridgehead atoms. The number of benzene rings is 3. The van der Waals surface area contributed by atoms with Gasteiger partial charge in [0.25, 0.3) is 5.91 Å². The van der Waals surface area contributed by atoms with Crippen LogP contribution in [0.5, 0.6) is 0 Å². The van der Waals surface area contributed by atoms with Gasteiger partial charge < -0.3 is 4.90 Å². The van der Waals surface area contributed by atoms with Crippen LogP contribution in [0.25, 0.3) is 21.5 Å². The number of carbonyl (C=O) groups excluding carboxylic acids is 1. The smallest absolute Gasteiger partial charge is 0.255 e. The molecule has 3 rings (SSSR count). The summed E-state index contributed by atoms with van der Waals surface area (Å²) in [6, 6.07) is 18.7. The number of hydrogen-bond donors (Lipinski definition) is 0. The first kappa shape index (κ1) is 20.1. The fourth-order valence-corrected chi connectivity index (χ4v) is 4.63. The van der Waals surface area contributed by atoms with E-state index < -0.39 is 0 Å². The average Bonchev–Trinajstić information content (AvgIpc) is 2.70. The molecule has 27 heavy (non-hydrogen) atoms. The molecule has 0 aromatic heterocycles. The molecule has 2 nitrogen and oxygen atoms in total. The second-order valence-electron chi connectivity index (χ2n) is 6.38. The van der Waals surface area contributed by atoms with E-state index >= 15 is 0 Å². The monoisotopic (exact) mass is 397 g/mol. The number of amides is 1. The Morgan fingerprint density at radius 2 is 1.30 bits per heavy atom. The number of rotatable bonds is 9. The number of fused-ring (bicyclic) bond motifs is 2. The molecule has 3 aromatic rings. The third kappa shape index (κ3) is 4.80. The highest BCUT2D eigenvalue weighted by molar-refractivity contribution is 7.99. The lowest BCUT2D eigenvalue weighted by atomic mass is 9.96. The largest absolute Gasteiger partial charge is 0.337 e. The van der Waals surface area contributed by atoms with Gasteiger partial charge in [-0.25, -0.2) is 0 Å². The predicted molar refractivity (Wildman–Crippen MR) is 123 cm³/mol. The molecular formula is C23H27NOS2. The summed E-state index contributed by atoms with van der Waals surface area (Å²) in [6.45, 7) is 5.95. The lowest BCUT2D eigenvalue weighted by Gasteiger charge is -2.24. The summed E-state index contributed by atoms with van der Waals surface area (Å²) in [6.07, 6.45) is 0. The van der Waals surface area contributed by atoms with Crippen molar-refractivity contribution in [2.45, 2.75) is 13.8 Å². The van der Waals surface area contributed by atoms with E-state index in [1.807, 2.05) is 47.8 Å². The van der Waals surface area contributed by atoms with Gasteiger partial charge in [0.1, 0.15) is 0 Å². The molecule has 142 valence electrons. The molecular weight excluding hydrogens is 370 g/mol. The third-order valence-corrected chi connectivity index (χ3v) is 6.45. The maximum Gasteiger partial charge on any atom is 0.255 e. The van der Waals surface area contributed by atoms with Crippen molar-refractivity contribution >= 4 is 51.0 Å². The highest BCUT2D eigenvalue weighted by Crippen LogP contribution is 2.29. The van der Waals surface area contributed by atoms with E-state index in [9.17, 15) is 4.79 Å². The Kier molecular flexibility index (Phi) is 7.48. The Labute approximate surface area is 170 Å². The van der Waals surface area contributed by atoms with Crippen molar-refractivity contribution in [3.63, 3.8) is 0 Å². The Balaban J connectivity index is 2.04. The first-order chi connectivity index (χ1) is 13.3. The zero-order valence-corrected chi connectivity index (χ0v) is 17.7. The van der Waals surface area contributed by atoms with Gasteiger partial charge in [-0.3, -0.25) is 4.79 Å². The van der Waals surface area contributed by atoms with Crippen molar-refractivity contribution in [3.8, 4) is 0 Å². The van der Waals surface area contributed by atoms with Crippen LogP contribution in [0.2, 0.25) is 0 Å². The zero-order chi connectivity index (χ0) is 19.1. The van der Waals surface area contributed by atoms with Gasteiger partial charge in [-0.05, 0) is 39.1 Å². The van der Waals surface area contributed by atoms with Crippen LogP contribution in [-0.4, -0.2) is 46.9 Å². The van der Waals surface area contributed by atoms with E-state index in [0.717, 1.165) is 63.2 Å². The topological polar surface area (TPSA) is 20.3 Å². The normalized spacial score (nSPS) is 11.2. The first-order valence-electron chi connectivity index (χ1n) is 9.61. The molecule has 0 saturated heterocycles. The van der Waals surface area contributed by atoms with E-state index in [1.54, 1.807) is 0 Å². The highest BCUT2D eigenvalue weighted by atomic mass is 32.2. The molecule has 0 unspecified atom stereocenters. The SMILES string of the molecule is CCSCCN(CCSCC)C(=O)c1c2ccccc2cc2ccccc12. The van der Waals surface area contributed by atoms with Crippen LogP contribution in [0.1, 0.15) is 24.2 Å². The molecule has 4 heteroatoms. The van der Waals surface area contributed by atoms with Crippen LogP contribution >= 0.6 is 23.5 Å². The average molecular weight is 398 g/mol. The van der Waals surface area contributed by atoms with E-state index in [0.29, 0.717) is 0 Å². The number of carbonyl (C=O) groups is 1. The standard InChI is InChI=1S/C23H27NOS2/c1-3-26-15-13-24(14-16-27-4-2)23(25)22-20-11-7-5-9-18(20)17-19-10-6-8-12-21(19)22/h5-12,17H,3-4,13-16H2,1-2H3. The van der Waals surface area contributed by atoms with Crippen LogP contribution < -0.4 is 0 Å². The minimum Gasteiger partial charge on any atom is -0.337 e. The van der Waals surface area contributed by atoms with Gasteiger partial charge in [0.15, 0.2) is 0 Å². The summed E-state index contributed by atoms with van der Waals surface area (Å²) in [7, 11) is 0. The van der Waals surface area contributed by atoms with Gasteiger partial charge in [-0.1, -0.05) is 62.4 Å². The quantitative estimate of drug-likeness (QED) is 0.329. The maximum absolute atomic E-state index is 13.7. The van der Waals surface area contributed by atoms with Gasteiger partial charge in [0.05, 0.1) is 5.56 Å². The van der Waals surface area contributed by atoms with Crippen molar-refractivity contribution in [2.75, 3.05) is 36.1 Å². The van der Waals surface area contributed by atoms with Crippen LogP contribution in [0.3, 0.4) is 0 Å². The highest BCUT2D eigenvalue weighted by Gasteiger charge is 2.20. The Hall–Kier alpha value is -1.65. The van der Waals surface area contributed by atoms with Crippen molar-refractivity contribution in [2.24, 2.45) is 0 Å². The lowest BCUT2D eigenvalue weighted by Crippen LogP contribution is -2.35. The fraction of sp³-hybridized carbons (Fsp3) is 0.348. The van der Waals surface area contributed by atoms with E-state index in [4.69, 9.17) is 0 Å². The minimum atomic E-state index is 0.163. The summed E-state index contributed by atoms with van der Waals surface area (Å²) < 4.78 is 0.